The highest BCUT2D eigenvalue weighted by Gasteiger charge is 2.23. The van der Waals surface area contributed by atoms with Crippen molar-refractivity contribution in [2.45, 2.75) is 12.8 Å². The molecule has 3 heterocycles. The molecule has 0 spiro atoms. The quantitative estimate of drug-likeness (QED) is 0.408. The number of benzene rings is 3. The number of hydrogen-bond acceptors (Lipinski definition) is 5. The van der Waals surface area contributed by atoms with Crippen molar-refractivity contribution in [3.05, 3.63) is 90.5 Å². The summed E-state index contributed by atoms with van der Waals surface area (Å²) in [5.74, 6) is 1.57. The average Bonchev–Trinajstić information content (AvgIpc) is 2.96. The first kappa shape index (κ1) is 22.4. The van der Waals surface area contributed by atoms with Gasteiger partial charge >= 0.3 is 0 Å². The van der Waals surface area contributed by atoms with E-state index >= 15 is 0 Å². The Hall–Kier alpha value is -4.06. The van der Waals surface area contributed by atoms with E-state index in [-0.39, 0.29) is 12.5 Å². The number of nitrogens with zero attached hydrogens (tertiary/aromatic N) is 4. The molecule has 36 heavy (non-hydrogen) atoms. The number of aromatic nitrogens is 1. The molecule has 1 saturated heterocycles. The number of anilines is 3. The standard InChI is InChI=1S/C30H30N4O2/c35-29(34-17-7-10-23-8-4-5-13-26(23)34)22-36-27-14-6-9-24-15-16-28(31-30(24)27)33-20-18-32(19-21-33)25-11-2-1-3-12-25/h1-6,8-9,11-16H,7,10,17-22H2. The van der Waals surface area contributed by atoms with Gasteiger partial charge in [-0.2, -0.15) is 0 Å². The van der Waals surface area contributed by atoms with Gasteiger partial charge in [0.2, 0.25) is 0 Å². The number of rotatable bonds is 5. The van der Waals surface area contributed by atoms with Crippen LogP contribution in [0.2, 0.25) is 0 Å². The zero-order chi connectivity index (χ0) is 24.3. The summed E-state index contributed by atoms with van der Waals surface area (Å²) in [6.07, 6.45) is 1.98. The van der Waals surface area contributed by atoms with E-state index in [1.165, 1.54) is 11.3 Å². The van der Waals surface area contributed by atoms with Crippen molar-refractivity contribution < 1.29 is 9.53 Å². The second-order valence-electron chi connectivity index (χ2n) is 9.37. The molecule has 0 N–H and O–H groups in total. The van der Waals surface area contributed by atoms with Crippen LogP contribution < -0.4 is 19.4 Å². The molecule has 0 aliphatic carbocycles. The highest BCUT2D eigenvalue weighted by Crippen LogP contribution is 2.29. The van der Waals surface area contributed by atoms with E-state index in [0.29, 0.717) is 5.75 Å². The van der Waals surface area contributed by atoms with Crippen molar-refractivity contribution in [1.82, 2.24) is 4.98 Å². The van der Waals surface area contributed by atoms with Crippen LogP contribution in [0.1, 0.15) is 12.0 Å². The van der Waals surface area contributed by atoms with Crippen molar-refractivity contribution in [2.24, 2.45) is 0 Å². The van der Waals surface area contributed by atoms with Gasteiger partial charge in [0.25, 0.3) is 5.91 Å². The Morgan fingerprint density at radius 3 is 2.42 bits per heavy atom. The van der Waals surface area contributed by atoms with Gasteiger partial charge in [-0.05, 0) is 54.8 Å². The number of amides is 1. The Kier molecular flexibility index (Phi) is 6.16. The summed E-state index contributed by atoms with van der Waals surface area (Å²) in [7, 11) is 0. The molecule has 2 aliphatic rings. The van der Waals surface area contributed by atoms with Gasteiger partial charge in [0.1, 0.15) is 17.1 Å². The maximum Gasteiger partial charge on any atom is 0.264 e. The molecule has 6 rings (SSSR count). The first-order valence-corrected chi connectivity index (χ1v) is 12.7. The van der Waals surface area contributed by atoms with Crippen LogP contribution in [-0.4, -0.2) is 50.2 Å². The van der Waals surface area contributed by atoms with Crippen molar-refractivity contribution in [3.8, 4) is 5.75 Å². The second-order valence-corrected chi connectivity index (χ2v) is 9.37. The number of fused-ring (bicyclic) bond motifs is 2. The van der Waals surface area contributed by atoms with E-state index < -0.39 is 0 Å². The summed E-state index contributed by atoms with van der Waals surface area (Å²) in [5.41, 5.74) is 4.29. The molecule has 2 aliphatic heterocycles. The van der Waals surface area contributed by atoms with Crippen molar-refractivity contribution in [1.29, 1.82) is 0 Å². The number of ether oxygens (including phenoxy) is 1. The monoisotopic (exact) mass is 478 g/mol. The highest BCUT2D eigenvalue weighted by molar-refractivity contribution is 5.96. The first-order chi connectivity index (χ1) is 17.8. The van der Waals surface area contributed by atoms with E-state index in [4.69, 9.17) is 9.72 Å². The SMILES string of the molecule is O=C(COc1cccc2ccc(N3CCN(c4ccccc4)CC3)nc12)N1CCCc2ccccc21. The summed E-state index contributed by atoms with van der Waals surface area (Å²) in [6.45, 7) is 4.44. The predicted molar refractivity (Wildman–Crippen MR) is 145 cm³/mol. The predicted octanol–water partition coefficient (Wildman–Crippen LogP) is 4.92. The number of hydrogen-bond donors (Lipinski definition) is 0. The molecule has 3 aromatic carbocycles. The lowest BCUT2D eigenvalue weighted by Gasteiger charge is -2.36. The zero-order valence-electron chi connectivity index (χ0n) is 20.3. The molecule has 1 amide bonds. The van der Waals surface area contributed by atoms with Gasteiger partial charge in [0.05, 0.1) is 0 Å². The summed E-state index contributed by atoms with van der Waals surface area (Å²) in [5, 5.41) is 1.01. The number of para-hydroxylation sites is 3. The molecule has 182 valence electrons. The van der Waals surface area contributed by atoms with Gasteiger partial charge in [-0.25, -0.2) is 4.98 Å². The molecule has 4 aromatic rings. The molecule has 6 nitrogen and oxygen atoms in total. The Morgan fingerprint density at radius 2 is 1.56 bits per heavy atom. The van der Waals surface area contributed by atoms with Crippen LogP contribution in [0, 0.1) is 0 Å². The first-order valence-electron chi connectivity index (χ1n) is 12.7. The van der Waals surface area contributed by atoms with E-state index in [1.807, 2.05) is 41.3 Å². The minimum atomic E-state index is -0.0210. The summed E-state index contributed by atoms with van der Waals surface area (Å²) in [4.78, 5) is 24.7. The lowest BCUT2D eigenvalue weighted by atomic mass is 10.0. The maximum atomic E-state index is 13.1. The van der Waals surface area contributed by atoms with Gasteiger partial charge in [-0.3, -0.25) is 4.79 Å². The lowest BCUT2D eigenvalue weighted by Crippen LogP contribution is -2.46. The minimum absolute atomic E-state index is 0.00486. The van der Waals surface area contributed by atoms with Gasteiger partial charge in [-0.15, -0.1) is 0 Å². The van der Waals surface area contributed by atoms with Gasteiger partial charge in [0, 0.05) is 49.5 Å². The number of piperazine rings is 1. The molecule has 0 saturated carbocycles. The molecular formula is C30H30N4O2. The third kappa shape index (κ3) is 4.47. The Bertz CT molecular complexity index is 1370. The largest absolute Gasteiger partial charge is 0.481 e. The van der Waals surface area contributed by atoms with Crippen LogP contribution in [0.25, 0.3) is 10.9 Å². The molecule has 1 fully saturated rings. The number of pyridine rings is 1. The fraction of sp³-hybridized carbons (Fsp3) is 0.267. The smallest absolute Gasteiger partial charge is 0.264 e. The fourth-order valence-electron chi connectivity index (χ4n) is 5.24. The van der Waals surface area contributed by atoms with E-state index in [1.54, 1.807) is 0 Å². The third-order valence-electron chi connectivity index (χ3n) is 7.16. The van der Waals surface area contributed by atoms with Gasteiger partial charge in [-0.1, -0.05) is 48.5 Å². The number of carbonyl (C=O) groups excluding carboxylic acids is 1. The van der Waals surface area contributed by atoms with E-state index in [9.17, 15) is 4.79 Å². The van der Waals surface area contributed by atoms with Gasteiger partial charge < -0.3 is 19.4 Å². The normalized spacial score (nSPS) is 15.6. The van der Waals surface area contributed by atoms with Gasteiger partial charge in [0.15, 0.2) is 6.61 Å². The molecule has 0 bridgehead atoms. The molecule has 0 unspecified atom stereocenters. The lowest BCUT2D eigenvalue weighted by molar-refractivity contribution is -0.120. The van der Waals surface area contributed by atoms with Crippen molar-refractivity contribution >= 4 is 34.0 Å². The van der Waals surface area contributed by atoms with Crippen LogP contribution in [0.5, 0.6) is 5.75 Å². The molecule has 6 heteroatoms. The van der Waals surface area contributed by atoms with Crippen LogP contribution in [0.4, 0.5) is 17.2 Å². The molecular weight excluding hydrogens is 448 g/mol. The van der Waals surface area contributed by atoms with Crippen LogP contribution in [-0.2, 0) is 11.2 Å². The molecule has 1 aromatic heterocycles. The topological polar surface area (TPSA) is 48.9 Å². The van der Waals surface area contributed by atoms with Crippen molar-refractivity contribution in [2.75, 3.05) is 54.0 Å². The van der Waals surface area contributed by atoms with Crippen LogP contribution in [0.3, 0.4) is 0 Å². The number of carbonyl (C=O) groups is 1. The Balaban J connectivity index is 1.16. The highest BCUT2D eigenvalue weighted by atomic mass is 16.5. The number of aryl methyl sites for hydroxylation is 1. The van der Waals surface area contributed by atoms with Crippen LogP contribution >= 0.6 is 0 Å². The van der Waals surface area contributed by atoms with Crippen molar-refractivity contribution in [3.63, 3.8) is 0 Å². The molecule has 0 radical (unpaired) electrons. The summed E-state index contributed by atoms with van der Waals surface area (Å²) >= 11 is 0. The average molecular weight is 479 g/mol. The maximum absolute atomic E-state index is 13.1. The van der Waals surface area contributed by atoms with E-state index in [0.717, 1.165) is 68.0 Å². The summed E-state index contributed by atoms with van der Waals surface area (Å²) < 4.78 is 6.09. The molecule has 0 atom stereocenters. The van der Waals surface area contributed by atoms with Crippen LogP contribution in [0.15, 0.2) is 84.9 Å². The Labute approximate surface area is 211 Å². The minimum Gasteiger partial charge on any atom is -0.481 e. The van der Waals surface area contributed by atoms with E-state index in [2.05, 4.69) is 58.3 Å². The second kappa shape index (κ2) is 9.90. The third-order valence-corrected chi connectivity index (χ3v) is 7.16. The Morgan fingerprint density at radius 1 is 0.778 bits per heavy atom. The fourth-order valence-corrected chi connectivity index (χ4v) is 5.24. The zero-order valence-corrected chi connectivity index (χ0v) is 20.3. The summed E-state index contributed by atoms with van der Waals surface area (Å²) in [6, 6.07) is 28.8.